The van der Waals surface area contributed by atoms with Gasteiger partial charge in [0.1, 0.15) is 5.82 Å². The van der Waals surface area contributed by atoms with Crippen LogP contribution in [0.25, 0.3) is 0 Å². The van der Waals surface area contributed by atoms with Crippen molar-refractivity contribution in [3.63, 3.8) is 0 Å². The van der Waals surface area contributed by atoms with E-state index in [0.29, 0.717) is 11.8 Å². The average Bonchev–Trinajstić information content (AvgIpc) is 3.37. The van der Waals surface area contributed by atoms with E-state index in [1.54, 1.807) is 13.8 Å². The Kier molecular flexibility index (Phi) is 7.77. The van der Waals surface area contributed by atoms with Gasteiger partial charge in [-0.05, 0) is 43.7 Å². The van der Waals surface area contributed by atoms with E-state index in [1.807, 2.05) is 0 Å². The molecule has 0 bridgehead atoms. The van der Waals surface area contributed by atoms with E-state index in [-0.39, 0.29) is 29.4 Å². The number of aliphatic imine (C=N–C) groups is 2. The second-order valence-electron chi connectivity index (χ2n) is 9.87. The molecule has 2 heterocycles. The molecule has 7 nitrogen and oxygen atoms in total. The van der Waals surface area contributed by atoms with E-state index in [2.05, 4.69) is 9.98 Å². The van der Waals surface area contributed by atoms with Crippen molar-refractivity contribution in [1.29, 1.82) is 0 Å². The molecule has 1 aromatic rings. The van der Waals surface area contributed by atoms with Crippen molar-refractivity contribution in [2.75, 3.05) is 0 Å². The van der Waals surface area contributed by atoms with Crippen molar-refractivity contribution < 1.29 is 28.2 Å². The van der Waals surface area contributed by atoms with Crippen molar-refractivity contribution in [1.82, 2.24) is 0 Å². The van der Waals surface area contributed by atoms with Crippen molar-refractivity contribution in [2.24, 2.45) is 21.8 Å². The summed E-state index contributed by atoms with van der Waals surface area (Å²) in [5, 5.41) is 0. The largest absolute Gasteiger partial charge is 0.411 e. The maximum absolute atomic E-state index is 13.5. The van der Waals surface area contributed by atoms with Crippen LogP contribution in [0.3, 0.4) is 0 Å². The van der Waals surface area contributed by atoms with E-state index >= 15 is 0 Å². The molecule has 0 saturated heterocycles. The Morgan fingerprint density at radius 1 is 0.943 bits per heavy atom. The van der Waals surface area contributed by atoms with Crippen LogP contribution in [-0.4, -0.2) is 41.1 Å². The minimum absolute atomic E-state index is 0.135. The van der Waals surface area contributed by atoms with Gasteiger partial charge >= 0.3 is 11.9 Å². The van der Waals surface area contributed by atoms with Crippen LogP contribution in [0.4, 0.5) is 4.39 Å². The number of rotatable bonds is 4. The summed E-state index contributed by atoms with van der Waals surface area (Å²) < 4.78 is 23.5. The lowest BCUT2D eigenvalue weighted by Gasteiger charge is -2.33. The van der Waals surface area contributed by atoms with Crippen LogP contribution in [-0.2, 0) is 19.1 Å². The number of halogens is 1. The SMILES string of the molecule is CC1=NC(C(=O)c2cccc(F)c2)(C2CCCCC2)C(=O)O1.CC1=NC(C2CCCCC2)C(=O)O1. The van der Waals surface area contributed by atoms with E-state index in [9.17, 15) is 18.8 Å². The van der Waals surface area contributed by atoms with Crippen LogP contribution >= 0.6 is 0 Å². The van der Waals surface area contributed by atoms with E-state index in [0.717, 1.165) is 51.0 Å². The zero-order chi connectivity index (χ0) is 25.0. The molecule has 0 amide bonds. The van der Waals surface area contributed by atoms with Gasteiger partial charge in [-0.1, -0.05) is 50.7 Å². The fraction of sp³-hybridized carbons (Fsp3) is 0.593. The van der Waals surface area contributed by atoms with Crippen LogP contribution < -0.4 is 0 Å². The maximum atomic E-state index is 13.5. The van der Waals surface area contributed by atoms with Gasteiger partial charge < -0.3 is 9.47 Å². The number of Topliss-reactive ketones (excluding diaryl/α,β-unsaturated/α-hetero) is 1. The highest BCUT2D eigenvalue weighted by atomic mass is 19.1. The Bertz CT molecular complexity index is 1040. The first-order valence-corrected chi connectivity index (χ1v) is 12.7. The average molecular weight is 485 g/mol. The summed E-state index contributed by atoms with van der Waals surface area (Å²) in [6, 6.07) is 5.23. The highest BCUT2D eigenvalue weighted by Crippen LogP contribution is 2.41. The fourth-order valence-corrected chi connectivity index (χ4v) is 5.71. The van der Waals surface area contributed by atoms with Gasteiger partial charge in [0.2, 0.25) is 11.3 Å². The molecule has 2 unspecified atom stereocenters. The van der Waals surface area contributed by atoms with E-state index < -0.39 is 23.1 Å². The van der Waals surface area contributed by atoms with Crippen LogP contribution in [0, 0.1) is 17.7 Å². The van der Waals surface area contributed by atoms with Crippen molar-refractivity contribution in [2.45, 2.75) is 89.6 Å². The predicted octanol–water partition coefficient (Wildman–Crippen LogP) is 5.21. The lowest BCUT2D eigenvalue weighted by atomic mass is 9.71. The van der Waals surface area contributed by atoms with Crippen LogP contribution in [0.15, 0.2) is 34.3 Å². The summed E-state index contributed by atoms with van der Waals surface area (Å²) in [4.78, 5) is 45.3. The quantitative estimate of drug-likeness (QED) is 0.332. The number of cyclic esters (lactones) is 2. The Labute approximate surface area is 205 Å². The third kappa shape index (κ3) is 5.36. The van der Waals surface area contributed by atoms with Crippen molar-refractivity contribution in [3.8, 4) is 0 Å². The Balaban J connectivity index is 0.000000189. The molecule has 0 aromatic heterocycles. The number of hydrogen-bond donors (Lipinski definition) is 0. The number of ether oxygens (including phenoxy) is 2. The first-order chi connectivity index (χ1) is 16.8. The van der Waals surface area contributed by atoms with Crippen molar-refractivity contribution in [3.05, 3.63) is 35.6 Å². The smallest absolute Gasteiger partial charge is 0.349 e. The number of esters is 2. The highest BCUT2D eigenvalue weighted by molar-refractivity contribution is 6.21. The molecule has 8 heteroatoms. The molecule has 188 valence electrons. The minimum atomic E-state index is -1.53. The zero-order valence-corrected chi connectivity index (χ0v) is 20.4. The number of carbonyl (C=O) groups excluding carboxylic acids is 3. The molecule has 0 spiro atoms. The predicted molar refractivity (Wildman–Crippen MR) is 129 cm³/mol. The van der Waals surface area contributed by atoms with Gasteiger partial charge in [-0.25, -0.2) is 24.0 Å². The Morgan fingerprint density at radius 2 is 1.60 bits per heavy atom. The maximum Gasteiger partial charge on any atom is 0.349 e. The minimum Gasteiger partial charge on any atom is -0.411 e. The molecular formula is C27H33FN2O5. The summed E-state index contributed by atoms with van der Waals surface area (Å²) in [7, 11) is 0. The second kappa shape index (κ2) is 10.8. The van der Waals surface area contributed by atoms with Gasteiger partial charge in [-0.3, -0.25) is 4.79 Å². The van der Waals surface area contributed by atoms with Crippen LogP contribution in [0.5, 0.6) is 0 Å². The molecule has 2 fully saturated rings. The number of hydrogen-bond acceptors (Lipinski definition) is 7. The highest BCUT2D eigenvalue weighted by Gasteiger charge is 2.57. The Hall–Kier alpha value is -2.90. The number of benzene rings is 1. The van der Waals surface area contributed by atoms with Gasteiger partial charge in [0.25, 0.3) is 0 Å². The molecule has 2 atom stereocenters. The number of nitrogens with zero attached hydrogens (tertiary/aromatic N) is 2. The molecule has 4 aliphatic rings. The first kappa shape index (κ1) is 25.2. The molecule has 35 heavy (non-hydrogen) atoms. The lowest BCUT2D eigenvalue weighted by Crippen LogP contribution is -2.50. The van der Waals surface area contributed by atoms with Gasteiger partial charge in [0.05, 0.1) is 0 Å². The second-order valence-corrected chi connectivity index (χ2v) is 9.87. The van der Waals surface area contributed by atoms with Gasteiger partial charge in [0.15, 0.2) is 17.8 Å². The third-order valence-corrected chi connectivity index (χ3v) is 7.42. The number of carbonyl (C=O) groups is 3. The van der Waals surface area contributed by atoms with Gasteiger partial charge in [-0.15, -0.1) is 0 Å². The standard InChI is InChI=1S/C17H18FNO3.C10H15NO2/c1-11-19-17(16(21)22-11,13-7-3-2-4-8-13)15(20)12-6-5-9-14(18)10-12;1-7-11-9(10(12)13-7)8-5-3-2-4-6-8/h5-6,9-10,13H,2-4,7-8H2,1H3;8-9H,2-6H2,1H3. The van der Waals surface area contributed by atoms with Crippen molar-refractivity contribution >= 4 is 29.5 Å². The monoisotopic (exact) mass is 484 g/mol. The molecule has 0 N–H and O–H groups in total. The summed E-state index contributed by atoms with van der Waals surface area (Å²) >= 11 is 0. The summed E-state index contributed by atoms with van der Waals surface area (Å²) in [5.74, 6) is -0.699. The van der Waals surface area contributed by atoms with E-state index in [1.165, 1.54) is 37.5 Å². The molecular weight excluding hydrogens is 451 g/mol. The molecule has 2 aliphatic heterocycles. The van der Waals surface area contributed by atoms with Gasteiger partial charge in [0, 0.05) is 25.3 Å². The topological polar surface area (TPSA) is 94.4 Å². The summed E-state index contributed by atoms with van der Waals surface area (Å²) in [5.41, 5.74) is -1.36. The molecule has 2 aliphatic carbocycles. The lowest BCUT2D eigenvalue weighted by molar-refractivity contribution is -0.139. The first-order valence-electron chi connectivity index (χ1n) is 12.7. The molecule has 2 saturated carbocycles. The van der Waals surface area contributed by atoms with Gasteiger partial charge in [-0.2, -0.15) is 0 Å². The summed E-state index contributed by atoms with van der Waals surface area (Å²) in [6.07, 6.45) is 10.6. The number of ketones is 1. The molecule has 1 aromatic carbocycles. The molecule has 0 radical (unpaired) electrons. The molecule has 5 rings (SSSR count). The zero-order valence-electron chi connectivity index (χ0n) is 20.4. The Morgan fingerprint density at radius 3 is 2.14 bits per heavy atom. The van der Waals surface area contributed by atoms with E-state index in [4.69, 9.17) is 9.47 Å². The van der Waals surface area contributed by atoms with Crippen LogP contribution in [0.2, 0.25) is 0 Å². The normalized spacial score (nSPS) is 27.3. The summed E-state index contributed by atoms with van der Waals surface area (Å²) in [6.45, 7) is 3.32. The van der Waals surface area contributed by atoms with Crippen LogP contribution in [0.1, 0.15) is 88.4 Å². The fourth-order valence-electron chi connectivity index (χ4n) is 5.71. The third-order valence-electron chi connectivity index (χ3n) is 7.42.